The molecule has 0 radical (unpaired) electrons. The average molecular weight is 311 g/mol. The molecule has 0 spiro atoms. The number of quaternary nitrogens is 1. The smallest absolute Gasteiger partial charge is 0.246 e. The first-order valence-electron chi connectivity index (χ1n) is 7.55. The molecule has 0 unspecified atom stereocenters. The Bertz CT molecular complexity index is 444. The number of aliphatic imine (C=N–C) groups is 1. The average Bonchev–Trinajstić information content (AvgIpc) is 2.73. The predicted molar refractivity (Wildman–Crippen MR) is 84.4 cm³/mol. The van der Waals surface area contributed by atoms with Crippen molar-refractivity contribution < 1.29 is 14.5 Å². The van der Waals surface area contributed by atoms with Gasteiger partial charge in [-0.15, -0.1) is 0 Å². The Morgan fingerprint density at radius 2 is 2.00 bits per heavy atom. The Kier molecular flexibility index (Phi) is 5.81. The van der Waals surface area contributed by atoms with Crippen molar-refractivity contribution in [1.29, 1.82) is 0 Å². The molecule has 0 aromatic heterocycles. The fourth-order valence-electron chi connectivity index (χ4n) is 2.70. The zero-order valence-corrected chi connectivity index (χ0v) is 13.2. The van der Waals surface area contributed by atoms with Gasteiger partial charge in [-0.3, -0.25) is 19.5 Å². The number of nitrogens with zero attached hydrogens (tertiary/aromatic N) is 2. The molecule has 2 aliphatic rings. The number of hydrogen-bond acceptors (Lipinski definition) is 4. The van der Waals surface area contributed by atoms with Gasteiger partial charge in [0.25, 0.3) is 0 Å². The summed E-state index contributed by atoms with van der Waals surface area (Å²) in [7, 11) is 1.56. The Morgan fingerprint density at radius 3 is 2.67 bits per heavy atom. The second kappa shape index (κ2) is 7.61. The van der Waals surface area contributed by atoms with Crippen LogP contribution in [0.5, 0.6) is 0 Å². The van der Waals surface area contributed by atoms with Gasteiger partial charge in [0.1, 0.15) is 0 Å². The SMILES string of the molecule is CN1C(=O)[C@H](C=NCC[NH+]2CCCCCC2)C(=O)NC1=S. The molecule has 2 heterocycles. The third kappa shape index (κ3) is 4.31. The Hall–Kier alpha value is -1.34. The minimum absolute atomic E-state index is 0.156. The van der Waals surface area contributed by atoms with Gasteiger partial charge in [-0.2, -0.15) is 0 Å². The monoisotopic (exact) mass is 311 g/mol. The largest absolute Gasteiger partial charge is 0.333 e. The molecule has 0 aromatic rings. The first-order valence-corrected chi connectivity index (χ1v) is 7.96. The quantitative estimate of drug-likeness (QED) is 0.398. The summed E-state index contributed by atoms with van der Waals surface area (Å²) in [5.41, 5.74) is 0. The van der Waals surface area contributed by atoms with Gasteiger partial charge in [-0.1, -0.05) is 0 Å². The molecule has 1 atom stereocenters. The van der Waals surface area contributed by atoms with Crippen molar-refractivity contribution in [3.05, 3.63) is 0 Å². The van der Waals surface area contributed by atoms with Crippen molar-refractivity contribution >= 4 is 35.4 Å². The minimum Gasteiger partial charge on any atom is -0.333 e. The Morgan fingerprint density at radius 1 is 1.33 bits per heavy atom. The van der Waals surface area contributed by atoms with E-state index >= 15 is 0 Å². The third-order valence-electron chi connectivity index (χ3n) is 4.07. The summed E-state index contributed by atoms with van der Waals surface area (Å²) in [5.74, 6) is -1.54. The molecular formula is C14H23N4O2S+. The van der Waals surface area contributed by atoms with Gasteiger partial charge < -0.3 is 10.2 Å². The van der Waals surface area contributed by atoms with Crippen molar-refractivity contribution in [2.24, 2.45) is 10.9 Å². The maximum absolute atomic E-state index is 12.0. The number of likely N-dealkylation sites (tertiary alicyclic amines) is 1. The lowest BCUT2D eigenvalue weighted by atomic mass is 10.1. The number of rotatable bonds is 4. The molecule has 7 heteroatoms. The van der Waals surface area contributed by atoms with E-state index in [0.717, 1.165) is 6.54 Å². The highest BCUT2D eigenvalue weighted by Crippen LogP contribution is 2.06. The van der Waals surface area contributed by atoms with Crippen LogP contribution in [0.15, 0.2) is 4.99 Å². The van der Waals surface area contributed by atoms with E-state index in [2.05, 4.69) is 10.3 Å². The van der Waals surface area contributed by atoms with Crippen molar-refractivity contribution in [3.8, 4) is 0 Å². The molecule has 0 aromatic carbocycles. The molecule has 2 rings (SSSR count). The lowest BCUT2D eigenvalue weighted by molar-refractivity contribution is -0.897. The van der Waals surface area contributed by atoms with Crippen LogP contribution in [-0.2, 0) is 9.59 Å². The number of carbonyl (C=O) groups is 2. The normalized spacial score (nSPS) is 25.3. The van der Waals surface area contributed by atoms with E-state index in [1.807, 2.05) is 0 Å². The fraction of sp³-hybridized carbons (Fsp3) is 0.714. The first kappa shape index (κ1) is 16.0. The number of thiocarbonyl (C=S) groups is 1. The van der Waals surface area contributed by atoms with Gasteiger partial charge in [-0.25, -0.2) is 0 Å². The van der Waals surface area contributed by atoms with E-state index < -0.39 is 5.92 Å². The van der Waals surface area contributed by atoms with Crippen LogP contribution < -0.4 is 10.2 Å². The van der Waals surface area contributed by atoms with Gasteiger partial charge in [0.15, 0.2) is 11.0 Å². The first-order chi connectivity index (χ1) is 10.1. The molecule has 6 nitrogen and oxygen atoms in total. The molecule has 116 valence electrons. The summed E-state index contributed by atoms with van der Waals surface area (Å²) in [6.07, 6.45) is 6.69. The number of carbonyl (C=O) groups excluding carboxylic acids is 2. The van der Waals surface area contributed by atoms with E-state index in [9.17, 15) is 9.59 Å². The summed E-state index contributed by atoms with van der Waals surface area (Å²) in [6, 6.07) is 0. The van der Waals surface area contributed by atoms with Crippen LogP contribution in [0.1, 0.15) is 25.7 Å². The topological polar surface area (TPSA) is 66.2 Å². The minimum atomic E-state index is -0.846. The Labute approximate surface area is 130 Å². The van der Waals surface area contributed by atoms with Gasteiger partial charge in [0.2, 0.25) is 11.8 Å². The fourth-order valence-corrected chi connectivity index (χ4v) is 2.89. The van der Waals surface area contributed by atoms with Crippen LogP contribution in [0.3, 0.4) is 0 Å². The zero-order chi connectivity index (χ0) is 15.2. The molecule has 2 amide bonds. The maximum Gasteiger partial charge on any atom is 0.246 e. The van der Waals surface area contributed by atoms with Gasteiger partial charge >= 0.3 is 0 Å². The van der Waals surface area contributed by atoms with E-state index in [-0.39, 0.29) is 16.9 Å². The lowest BCUT2D eigenvalue weighted by Crippen LogP contribution is -3.12. The van der Waals surface area contributed by atoms with Crippen LogP contribution in [0.25, 0.3) is 0 Å². The summed E-state index contributed by atoms with van der Waals surface area (Å²) >= 11 is 4.89. The van der Waals surface area contributed by atoms with Crippen molar-refractivity contribution in [2.45, 2.75) is 25.7 Å². The molecule has 2 fully saturated rings. The number of nitrogens with one attached hydrogen (secondary N) is 2. The number of hydrogen-bond donors (Lipinski definition) is 2. The van der Waals surface area contributed by atoms with E-state index in [1.165, 1.54) is 49.9 Å². The summed E-state index contributed by atoms with van der Waals surface area (Å²) < 4.78 is 0. The second-order valence-electron chi connectivity index (χ2n) is 5.64. The summed E-state index contributed by atoms with van der Waals surface area (Å²) in [6.45, 7) is 4.03. The molecule has 21 heavy (non-hydrogen) atoms. The molecule has 0 aliphatic carbocycles. The molecular weight excluding hydrogens is 288 g/mol. The van der Waals surface area contributed by atoms with Crippen molar-refractivity contribution in [2.75, 3.05) is 33.2 Å². The third-order valence-corrected chi connectivity index (χ3v) is 4.45. The van der Waals surface area contributed by atoms with Crippen LogP contribution >= 0.6 is 12.2 Å². The van der Waals surface area contributed by atoms with Crippen molar-refractivity contribution in [3.63, 3.8) is 0 Å². The van der Waals surface area contributed by atoms with E-state index in [4.69, 9.17) is 12.2 Å². The predicted octanol–water partition coefficient (Wildman–Crippen LogP) is -0.995. The van der Waals surface area contributed by atoms with Crippen molar-refractivity contribution in [1.82, 2.24) is 10.2 Å². The zero-order valence-electron chi connectivity index (χ0n) is 12.4. The highest BCUT2D eigenvalue weighted by atomic mass is 32.1. The summed E-state index contributed by atoms with van der Waals surface area (Å²) in [4.78, 5) is 30.9. The molecule has 0 saturated carbocycles. The molecule has 2 aliphatic heterocycles. The van der Waals surface area contributed by atoms with Crippen LogP contribution in [-0.4, -0.2) is 61.3 Å². The highest BCUT2D eigenvalue weighted by molar-refractivity contribution is 7.80. The van der Waals surface area contributed by atoms with E-state index in [1.54, 1.807) is 11.9 Å². The highest BCUT2D eigenvalue weighted by Gasteiger charge is 2.35. The standard InChI is InChI=1S/C14H22N4O2S/c1-17-13(20)11(12(19)16-14(17)21)10-15-6-9-18-7-4-2-3-5-8-18/h10-11H,2-9H2,1H3,(H,16,19,21)/p+1/t11-/m1/s1. The molecule has 2 N–H and O–H groups in total. The van der Waals surface area contributed by atoms with Crippen LogP contribution in [0.2, 0.25) is 0 Å². The van der Waals surface area contributed by atoms with Gasteiger partial charge in [-0.05, 0) is 37.9 Å². The maximum atomic E-state index is 12.0. The number of amides is 2. The molecule has 2 saturated heterocycles. The molecule has 0 bridgehead atoms. The summed E-state index contributed by atoms with van der Waals surface area (Å²) in [5, 5.41) is 2.67. The van der Waals surface area contributed by atoms with Crippen LogP contribution in [0.4, 0.5) is 0 Å². The van der Waals surface area contributed by atoms with E-state index in [0.29, 0.717) is 6.54 Å². The van der Waals surface area contributed by atoms with Crippen LogP contribution in [0, 0.1) is 5.92 Å². The lowest BCUT2D eigenvalue weighted by Gasteiger charge is -2.27. The van der Waals surface area contributed by atoms with Gasteiger partial charge in [0, 0.05) is 13.3 Å². The second-order valence-corrected chi connectivity index (χ2v) is 6.03. The van der Waals surface area contributed by atoms with Gasteiger partial charge in [0.05, 0.1) is 26.2 Å². The Balaban J connectivity index is 1.81.